The van der Waals surface area contributed by atoms with Gasteiger partial charge in [-0.05, 0) is 51.3 Å². The van der Waals surface area contributed by atoms with Crippen LogP contribution < -0.4 is 15.8 Å². The predicted octanol–water partition coefficient (Wildman–Crippen LogP) is 3.63. The van der Waals surface area contributed by atoms with E-state index in [0.717, 1.165) is 18.4 Å². The van der Waals surface area contributed by atoms with E-state index in [4.69, 9.17) is 19.7 Å². The number of nitrogens with two attached hydrogens (primary N) is 1. The van der Waals surface area contributed by atoms with Crippen LogP contribution in [0.4, 0.5) is 10.7 Å². The highest BCUT2D eigenvalue weighted by atomic mass is 16.6. The number of amides is 2. The van der Waals surface area contributed by atoms with Gasteiger partial charge in [-0.3, -0.25) is 9.48 Å². The number of aromatic nitrogens is 3. The highest BCUT2D eigenvalue weighted by Crippen LogP contribution is 2.30. The molecule has 0 aliphatic carbocycles. The molecule has 0 saturated carbocycles. The van der Waals surface area contributed by atoms with Crippen molar-refractivity contribution in [2.24, 2.45) is 0 Å². The van der Waals surface area contributed by atoms with Crippen LogP contribution in [0.25, 0.3) is 11.3 Å². The maximum absolute atomic E-state index is 13.0. The first kappa shape index (κ1) is 25.1. The van der Waals surface area contributed by atoms with E-state index in [1.165, 1.54) is 0 Å². The van der Waals surface area contributed by atoms with Crippen LogP contribution in [-0.4, -0.2) is 57.6 Å². The Morgan fingerprint density at radius 3 is 2.69 bits per heavy atom. The summed E-state index contributed by atoms with van der Waals surface area (Å²) in [4.78, 5) is 27.0. The molecule has 0 unspecified atom stereocenters. The first-order valence-electron chi connectivity index (χ1n) is 11.8. The Balaban J connectivity index is 1.41. The second-order valence-corrected chi connectivity index (χ2v) is 9.71. The molecule has 2 aromatic heterocycles. The van der Waals surface area contributed by atoms with Crippen molar-refractivity contribution >= 4 is 17.9 Å². The molecular weight excluding hydrogens is 464 g/mol. The highest BCUT2D eigenvalue weighted by molar-refractivity contribution is 6.03. The number of carbonyl (C=O) groups is 2. The number of benzene rings is 1. The zero-order valence-corrected chi connectivity index (χ0v) is 21.0. The van der Waals surface area contributed by atoms with Crippen LogP contribution in [0.2, 0.25) is 0 Å². The van der Waals surface area contributed by atoms with Gasteiger partial charge in [0.15, 0.2) is 0 Å². The van der Waals surface area contributed by atoms with E-state index >= 15 is 0 Å². The van der Waals surface area contributed by atoms with E-state index in [1.54, 1.807) is 18.2 Å². The van der Waals surface area contributed by atoms with Crippen LogP contribution in [0, 0.1) is 0 Å². The minimum atomic E-state index is -0.526. The Labute approximate surface area is 209 Å². The SMILES string of the molecule is COc1cccc(CNC(=O)c2c(-c3cnn(C4CCN(C(=O)OC(C)(C)C)CC4)c3)noc2N)c1. The standard InChI is InChI=1S/C25H32N6O5/c1-25(2,3)35-24(33)30-10-8-18(9-11-30)31-15-17(14-28-31)21-20(22(26)36-29-21)23(32)27-13-16-6-5-7-19(12-16)34-4/h5-7,12,14-15,18H,8-11,13,26H2,1-4H3,(H,27,32). The van der Waals surface area contributed by atoms with Crippen molar-refractivity contribution in [3.05, 3.63) is 47.8 Å². The maximum Gasteiger partial charge on any atom is 0.410 e. The van der Waals surface area contributed by atoms with E-state index in [2.05, 4.69) is 15.6 Å². The largest absolute Gasteiger partial charge is 0.497 e. The topological polar surface area (TPSA) is 138 Å². The fraction of sp³-hybridized carbons (Fsp3) is 0.440. The third kappa shape index (κ3) is 5.78. The second kappa shape index (κ2) is 10.3. The summed E-state index contributed by atoms with van der Waals surface area (Å²) >= 11 is 0. The Morgan fingerprint density at radius 2 is 2.00 bits per heavy atom. The van der Waals surface area contributed by atoms with E-state index in [-0.39, 0.29) is 30.1 Å². The summed E-state index contributed by atoms with van der Waals surface area (Å²) in [5.74, 6) is 0.243. The number of carbonyl (C=O) groups excluding carboxylic acids is 2. The lowest BCUT2D eigenvalue weighted by atomic mass is 10.1. The van der Waals surface area contributed by atoms with E-state index in [1.807, 2.05) is 55.9 Å². The number of ether oxygens (including phenoxy) is 2. The van der Waals surface area contributed by atoms with E-state index in [0.29, 0.717) is 30.1 Å². The van der Waals surface area contributed by atoms with Gasteiger partial charge >= 0.3 is 6.09 Å². The molecule has 0 atom stereocenters. The van der Waals surface area contributed by atoms with Crippen LogP contribution in [0.15, 0.2) is 41.2 Å². The van der Waals surface area contributed by atoms with Crippen molar-refractivity contribution in [3.8, 4) is 17.0 Å². The smallest absolute Gasteiger partial charge is 0.410 e. The molecular formula is C25H32N6O5. The van der Waals surface area contributed by atoms with Crippen molar-refractivity contribution in [2.45, 2.75) is 51.8 Å². The van der Waals surface area contributed by atoms with Crippen molar-refractivity contribution in [1.82, 2.24) is 25.2 Å². The van der Waals surface area contributed by atoms with Gasteiger partial charge in [0.1, 0.15) is 22.6 Å². The number of nitrogen functional groups attached to an aromatic ring is 1. The number of likely N-dealkylation sites (tertiary alicyclic amines) is 1. The number of nitrogens with zero attached hydrogens (tertiary/aromatic N) is 4. The van der Waals surface area contributed by atoms with Crippen LogP contribution in [0.1, 0.15) is 55.6 Å². The number of anilines is 1. The number of hydrogen-bond donors (Lipinski definition) is 2. The third-order valence-corrected chi connectivity index (χ3v) is 5.90. The molecule has 0 spiro atoms. The normalized spacial score (nSPS) is 14.5. The number of methoxy groups -OCH3 is 1. The summed E-state index contributed by atoms with van der Waals surface area (Å²) in [6, 6.07) is 7.52. The monoisotopic (exact) mass is 496 g/mol. The summed E-state index contributed by atoms with van der Waals surface area (Å²) in [5, 5.41) is 11.3. The van der Waals surface area contributed by atoms with Crippen LogP contribution in [-0.2, 0) is 11.3 Å². The molecule has 2 amide bonds. The van der Waals surface area contributed by atoms with Crippen molar-refractivity contribution in [2.75, 3.05) is 25.9 Å². The number of hydrogen-bond acceptors (Lipinski definition) is 8. The molecule has 3 aromatic rings. The number of piperidine rings is 1. The summed E-state index contributed by atoms with van der Waals surface area (Å²) < 4.78 is 17.7. The first-order valence-corrected chi connectivity index (χ1v) is 11.8. The molecule has 1 aliphatic heterocycles. The second-order valence-electron chi connectivity index (χ2n) is 9.71. The Kier molecular flexibility index (Phi) is 7.18. The van der Waals surface area contributed by atoms with Crippen LogP contribution in [0.3, 0.4) is 0 Å². The van der Waals surface area contributed by atoms with Gasteiger partial charge in [0.05, 0.1) is 19.3 Å². The molecule has 11 nitrogen and oxygen atoms in total. The van der Waals surface area contributed by atoms with Gasteiger partial charge in [-0.25, -0.2) is 4.79 Å². The minimum Gasteiger partial charge on any atom is -0.497 e. The average molecular weight is 497 g/mol. The zero-order valence-electron chi connectivity index (χ0n) is 21.0. The molecule has 1 aliphatic rings. The predicted molar refractivity (Wildman–Crippen MR) is 132 cm³/mol. The lowest BCUT2D eigenvalue weighted by Gasteiger charge is -2.33. The van der Waals surface area contributed by atoms with E-state index < -0.39 is 11.5 Å². The molecule has 1 saturated heterocycles. The number of nitrogens with one attached hydrogen (secondary N) is 1. The molecule has 4 rings (SSSR count). The molecule has 3 heterocycles. The summed E-state index contributed by atoms with van der Waals surface area (Å²) in [5.41, 5.74) is 7.41. The van der Waals surface area contributed by atoms with Crippen molar-refractivity contribution < 1.29 is 23.6 Å². The van der Waals surface area contributed by atoms with Gasteiger partial charge in [-0.15, -0.1) is 0 Å². The van der Waals surface area contributed by atoms with Crippen molar-refractivity contribution in [1.29, 1.82) is 0 Å². The van der Waals surface area contributed by atoms with Gasteiger partial charge in [-0.1, -0.05) is 17.3 Å². The number of rotatable bonds is 6. The fourth-order valence-electron chi connectivity index (χ4n) is 4.07. The van der Waals surface area contributed by atoms with E-state index in [9.17, 15) is 9.59 Å². The van der Waals surface area contributed by atoms with Crippen LogP contribution >= 0.6 is 0 Å². The lowest BCUT2D eigenvalue weighted by Crippen LogP contribution is -2.42. The quantitative estimate of drug-likeness (QED) is 0.528. The average Bonchev–Trinajstić information content (AvgIpc) is 3.48. The highest BCUT2D eigenvalue weighted by Gasteiger charge is 2.29. The van der Waals surface area contributed by atoms with Gasteiger partial charge in [0.25, 0.3) is 5.91 Å². The minimum absolute atomic E-state index is 0.0634. The molecule has 1 fully saturated rings. The Hall–Kier alpha value is -4.02. The maximum atomic E-state index is 13.0. The summed E-state index contributed by atoms with van der Waals surface area (Å²) in [7, 11) is 1.59. The van der Waals surface area contributed by atoms with Gasteiger partial charge in [0.2, 0.25) is 5.88 Å². The molecule has 0 radical (unpaired) electrons. The van der Waals surface area contributed by atoms with Gasteiger partial charge < -0.3 is 29.9 Å². The summed E-state index contributed by atoms with van der Waals surface area (Å²) in [6.45, 7) is 7.00. The Bertz CT molecular complexity index is 1220. The van der Waals surface area contributed by atoms with Crippen LogP contribution in [0.5, 0.6) is 5.75 Å². The Morgan fingerprint density at radius 1 is 1.25 bits per heavy atom. The van der Waals surface area contributed by atoms with Gasteiger partial charge in [-0.2, -0.15) is 5.10 Å². The van der Waals surface area contributed by atoms with Crippen molar-refractivity contribution in [3.63, 3.8) is 0 Å². The third-order valence-electron chi connectivity index (χ3n) is 5.90. The molecule has 11 heteroatoms. The molecule has 192 valence electrons. The lowest BCUT2D eigenvalue weighted by molar-refractivity contribution is 0.0184. The molecule has 0 bridgehead atoms. The fourth-order valence-corrected chi connectivity index (χ4v) is 4.07. The summed E-state index contributed by atoms with van der Waals surface area (Å²) in [6.07, 6.45) is 4.62. The molecule has 1 aromatic carbocycles. The molecule has 3 N–H and O–H groups in total. The van der Waals surface area contributed by atoms with Gasteiger partial charge in [0, 0.05) is 31.4 Å². The molecule has 36 heavy (non-hydrogen) atoms. The zero-order chi connectivity index (χ0) is 25.9. The first-order chi connectivity index (χ1) is 17.1.